The zero-order valence-corrected chi connectivity index (χ0v) is 7.26. The highest BCUT2D eigenvalue weighted by Crippen LogP contribution is 2.15. The Bertz CT molecular complexity index is 294. The van der Waals surface area contributed by atoms with Crippen LogP contribution < -0.4 is 0 Å². The summed E-state index contributed by atoms with van der Waals surface area (Å²) in [5.74, 6) is -0.948. The van der Waals surface area contributed by atoms with Crippen LogP contribution >= 0.6 is 15.9 Å². The maximum Gasteiger partial charge on any atom is 0.336 e. The number of hydrogen-bond acceptors (Lipinski definition) is 1. The molecule has 0 saturated carbocycles. The van der Waals surface area contributed by atoms with Gasteiger partial charge in [0.1, 0.15) is 0 Å². The minimum Gasteiger partial charge on any atom is -0.478 e. The number of carbonyl (C=O) groups is 1. The van der Waals surface area contributed by atoms with E-state index in [1.807, 2.05) is 0 Å². The molecule has 0 aromatic heterocycles. The first-order valence-electron chi connectivity index (χ1n) is 2.96. The zero-order chi connectivity index (χ0) is 8.43. The Hall–Kier alpha value is -0.830. The van der Waals surface area contributed by atoms with E-state index >= 15 is 0 Å². The molecule has 1 aromatic rings. The average molecular weight is 214 g/mol. The van der Waals surface area contributed by atoms with E-state index in [0.29, 0.717) is 5.56 Å². The van der Waals surface area contributed by atoms with E-state index in [0.717, 1.165) is 4.47 Å². The lowest BCUT2D eigenvalue weighted by Crippen LogP contribution is -1.98. The van der Waals surface area contributed by atoms with Crippen molar-refractivity contribution in [2.75, 3.05) is 0 Å². The predicted molar refractivity (Wildman–Crippen MR) is 45.6 cm³/mol. The fourth-order valence-corrected chi connectivity index (χ4v) is 1.11. The summed E-state index contributed by atoms with van der Waals surface area (Å²) < 4.78 is 0.752. The number of carboxylic acids is 1. The summed E-state index contributed by atoms with van der Waals surface area (Å²) in [5.41, 5.74) is 0.764. The Labute approximate surface area is 73.0 Å². The van der Waals surface area contributed by atoms with Crippen LogP contribution in [-0.4, -0.2) is 11.1 Å². The molecule has 0 aliphatic heterocycles. The third-order valence-electron chi connectivity index (χ3n) is 1.30. The fraction of sp³-hybridized carbons (Fsp3) is 0. The smallest absolute Gasteiger partial charge is 0.336 e. The van der Waals surface area contributed by atoms with Gasteiger partial charge in [-0.3, -0.25) is 0 Å². The van der Waals surface area contributed by atoms with E-state index in [4.69, 9.17) is 5.11 Å². The van der Waals surface area contributed by atoms with Gasteiger partial charge >= 0.3 is 5.97 Å². The first-order chi connectivity index (χ1) is 5.11. The molecule has 1 radical (unpaired) electrons. The molecule has 11 heavy (non-hydrogen) atoms. The third-order valence-corrected chi connectivity index (χ3v) is 1.80. The van der Waals surface area contributed by atoms with Crippen molar-refractivity contribution in [1.82, 2.24) is 0 Å². The van der Waals surface area contributed by atoms with Gasteiger partial charge in [-0.15, -0.1) is 0 Å². The molecular formula is C8H6BrO2. The van der Waals surface area contributed by atoms with Gasteiger partial charge in [0.2, 0.25) is 0 Å². The SMILES string of the molecule is [CH2]c1ccc(Br)cc1C(=O)O. The van der Waals surface area contributed by atoms with E-state index < -0.39 is 5.97 Å². The van der Waals surface area contributed by atoms with Crippen molar-refractivity contribution in [1.29, 1.82) is 0 Å². The van der Waals surface area contributed by atoms with Crippen molar-refractivity contribution in [3.63, 3.8) is 0 Å². The van der Waals surface area contributed by atoms with Gasteiger partial charge in [0.05, 0.1) is 5.56 Å². The molecule has 0 aliphatic carbocycles. The second-order valence-corrected chi connectivity index (χ2v) is 3.02. The van der Waals surface area contributed by atoms with Crippen LogP contribution in [0.4, 0.5) is 0 Å². The van der Waals surface area contributed by atoms with Crippen LogP contribution in [0.25, 0.3) is 0 Å². The summed E-state index contributed by atoms with van der Waals surface area (Å²) in [6.45, 7) is 3.58. The van der Waals surface area contributed by atoms with Crippen molar-refractivity contribution >= 4 is 21.9 Å². The molecule has 57 valence electrons. The number of rotatable bonds is 1. The zero-order valence-electron chi connectivity index (χ0n) is 5.67. The molecule has 3 heteroatoms. The largest absolute Gasteiger partial charge is 0.478 e. The van der Waals surface area contributed by atoms with Gasteiger partial charge in [-0.05, 0) is 24.6 Å². The van der Waals surface area contributed by atoms with Crippen molar-refractivity contribution < 1.29 is 9.90 Å². The second-order valence-electron chi connectivity index (χ2n) is 2.11. The van der Waals surface area contributed by atoms with Crippen molar-refractivity contribution in [3.05, 3.63) is 40.7 Å². The highest BCUT2D eigenvalue weighted by molar-refractivity contribution is 9.10. The molecule has 0 atom stereocenters. The molecule has 0 spiro atoms. The van der Waals surface area contributed by atoms with Crippen molar-refractivity contribution in [2.45, 2.75) is 0 Å². The second kappa shape index (κ2) is 3.05. The summed E-state index contributed by atoms with van der Waals surface area (Å²) in [7, 11) is 0. The molecule has 1 rings (SSSR count). The number of benzene rings is 1. The molecule has 2 nitrogen and oxygen atoms in total. The third kappa shape index (κ3) is 1.80. The van der Waals surface area contributed by atoms with Crippen LogP contribution in [0.1, 0.15) is 15.9 Å². The van der Waals surface area contributed by atoms with Gasteiger partial charge in [-0.1, -0.05) is 22.0 Å². The molecule has 0 fully saturated rings. The van der Waals surface area contributed by atoms with E-state index in [-0.39, 0.29) is 5.56 Å². The average Bonchev–Trinajstić information content (AvgIpc) is 1.94. The quantitative estimate of drug-likeness (QED) is 0.778. The first-order valence-corrected chi connectivity index (χ1v) is 3.75. The fourth-order valence-electron chi connectivity index (χ4n) is 0.748. The van der Waals surface area contributed by atoms with Crippen LogP contribution in [0, 0.1) is 6.92 Å². The van der Waals surface area contributed by atoms with Crippen LogP contribution in [0.2, 0.25) is 0 Å². The molecule has 1 N–H and O–H groups in total. The van der Waals surface area contributed by atoms with E-state index in [9.17, 15) is 4.79 Å². The Morgan fingerprint density at radius 1 is 1.55 bits per heavy atom. The summed E-state index contributed by atoms with van der Waals surface area (Å²) >= 11 is 3.17. The molecular weight excluding hydrogens is 208 g/mol. The van der Waals surface area contributed by atoms with E-state index in [1.165, 1.54) is 6.07 Å². The summed E-state index contributed by atoms with van der Waals surface area (Å²) in [5, 5.41) is 8.63. The monoisotopic (exact) mass is 213 g/mol. The van der Waals surface area contributed by atoms with Crippen LogP contribution in [0.5, 0.6) is 0 Å². The Morgan fingerprint density at radius 2 is 2.18 bits per heavy atom. The molecule has 0 aliphatic rings. The number of carboxylic acid groups (broad SMARTS) is 1. The summed E-state index contributed by atoms with van der Waals surface area (Å²) in [6, 6.07) is 4.95. The Balaban J connectivity index is 3.23. The molecule has 0 unspecified atom stereocenters. The van der Waals surface area contributed by atoms with Crippen molar-refractivity contribution in [2.24, 2.45) is 0 Å². The lowest BCUT2D eigenvalue weighted by molar-refractivity contribution is 0.0696. The lowest BCUT2D eigenvalue weighted by atomic mass is 10.1. The van der Waals surface area contributed by atoms with E-state index in [2.05, 4.69) is 22.9 Å². The van der Waals surface area contributed by atoms with Crippen molar-refractivity contribution in [3.8, 4) is 0 Å². The van der Waals surface area contributed by atoms with Crippen LogP contribution in [-0.2, 0) is 0 Å². The number of aromatic carboxylic acids is 1. The lowest BCUT2D eigenvalue weighted by Gasteiger charge is -1.99. The molecule has 0 heterocycles. The normalized spacial score (nSPS) is 9.64. The predicted octanol–water partition coefficient (Wildman–Crippen LogP) is 2.33. The minimum absolute atomic E-state index is 0.236. The van der Waals surface area contributed by atoms with Gasteiger partial charge in [0, 0.05) is 4.47 Å². The topological polar surface area (TPSA) is 37.3 Å². The van der Waals surface area contributed by atoms with Crippen LogP contribution in [0.3, 0.4) is 0 Å². The van der Waals surface area contributed by atoms with Gasteiger partial charge < -0.3 is 5.11 Å². The van der Waals surface area contributed by atoms with E-state index in [1.54, 1.807) is 12.1 Å². The first kappa shape index (κ1) is 8.27. The summed E-state index contributed by atoms with van der Waals surface area (Å²) in [6.07, 6.45) is 0. The Morgan fingerprint density at radius 3 is 2.64 bits per heavy atom. The summed E-state index contributed by atoms with van der Waals surface area (Å²) in [4.78, 5) is 10.5. The molecule has 1 aromatic carbocycles. The standard InChI is InChI=1S/C8H6BrO2/c1-5-2-3-6(9)4-7(5)8(10)11/h2-4H,1H2,(H,10,11). The Kier molecular flexibility index (Phi) is 2.29. The highest BCUT2D eigenvalue weighted by atomic mass is 79.9. The van der Waals surface area contributed by atoms with Crippen LogP contribution in [0.15, 0.2) is 22.7 Å². The maximum atomic E-state index is 10.5. The van der Waals surface area contributed by atoms with Gasteiger partial charge in [0.15, 0.2) is 0 Å². The molecule has 0 bridgehead atoms. The number of hydrogen-bond donors (Lipinski definition) is 1. The maximum absolute atomic E-state index is 10.5. The molecule has 0 amide bonds. The highest BCUT2D eigenvalue weighted by Gasteiger charge is 2.05. The van der Waals surface area contributed by atoms with Gasteiger partial charge in [-0.2, -0.15) is 0 Å². The van der Waals surface area contributed by atoms with Gasteiger partial charge in [-0.25, -0.2) is 4.79 Å². The molecule has 0 saturated heterocycles. The van der Waals surface area contributed by atoms with Gasteiger partial charge in [0.25, 0.3) is 0 Å². The number of halogens is 1. The minimum atomic E-state index is -0.948.